The van der Waals surface area contributed by atoms with Crippen LogP contribution < -0.4 is 5.32 Å². The molecule has 0 spiro atoms. The van der Waals surface area contributed by atoms with Crippen molar-refractivity contribution >= 4 is 0 Å². The van der Waals surface area contributed by atoms with E-state index in [0.717, 1.165) is 11.8 Å². The molecule has 0 aliphatic carbocycles. The molecule has 0 aromatic heterocycles. The number of rotatable bonds is 5. The molecule has 3 rings (SSSR count). The first-order chi connectivity index (χ1) is 9.90. The van der Waals surface area contributed by atoms with Crippen LogP contribution in [0, 0.1) is 11.8 Å². The molecule has 0 amide bonds. The lowest BCUT2D eigenvalue weighted by molar-refractivity contribution is 0.160. The molecular formula is C18H28N2. The predicted molar refractivity (Wildman–Crippen MR) is 84.9 cm³/mol. The maximum absolute atomic E-state index is 3.48. The lowest BCUT2D eigenvalue weighted by Crippen LogP contribution is -2.37. The highest BCUT2D eigenvalue weighted by atomic mass is 15.1. The summed E-state index contributed by atoms with van der Waals surface area (Å²) < 4.78 is 0. The molecule has 0 radical (unpaired) electrons. The molecule has 20 heavy (non-hydrogen) atoms. The third-order valence-electron chi connectivity index (χ3n) is 5.07. The Hall–Kier alpha value is -0.860. The number of nitrogens with zero attached hydrogens (tertiary/aromatic N) is 1. The zero-order valence-corrected chi connectivity index (χ0v) is 12.6. The zero-order valence-electron chi connectivity index (χ0n) is 12.6. The lowest BCUT2D eigenvalue weighted by atomic mass is 9.90. The minimum atomic E-state index is 0.913. The predicted octanol–water partition coefficient (Wildman–Crippen LogP) is 2.94. The molecule has 1 N–H and O–H groups in total. The third-order valence-corrected chi connectivity index (χ3v) is 5.07. The fourth-order valence-electron chi connectivity index (χ4n) is 3.71. The summed E-state index contributed by atoms with van der Waals surface area (Å²) in [7, 11) is 0. The minimum Gasteiger partial charge on any atom is -0.316 e. The first kappa shape index (κ1) is 14.1. The Balaban J connectivity index is 1.35. The average Bonchev–Trinajstić information content (AvgIpc) is 3.01. The normalized spacial score (nSPS) is 25.1. The van der Waals surface area contributed by atoms with Crippen LogP contribution in [0.15, 0.2) is 30.3 Å². The van der Waals surface area contributed by atoms with Crippen molar-refractivity contribution < 1.29 is 0 Å². The first-order valence-corrected chi connectivity index (χ1v) is 8.37. The van der Waals surface area contributed by atoms with Crippen LogP contribution in [-0.4, -0.2) is 37.6 Å². The van der Waals surface area contributed by atoms with Gasteiger partial charge in [-0.2, -0.15) is 0 Å². The van der Waals surface area contributed by atoms with E-state index in [0.29, 0.717) is 0 Å². The Kier molecular flexibility index (Phi) is 5.10. The molecule has 2 saturated heterocycles. The third kappa shape index (κ3) is 4.07. The summed E-state index contributed by atoms with van der Waals surface area (Å²) >= 11 is 0. The molecule has 0 unspecified atom stereocenters. The summed E-state index contributed by atoms with van der Waals surface area (Å²) in [5.74, 6) is 1.86. The van der Waals surface area contributed by atoms with E-state index in [9.17, 15) is 0 Å². The van der Waals surface area contributed by atoms with Gasteiger partial charge >= 0.3 is 0 Å². The SMILES string of the molecule is c1ccc(CCC2CCN(C[C@@H]3CCNC3)CC2)cc1. The van der Waals surface area contributed by atoms with Crippen LogP contribution in [0.1, 0.15) is 31.2 Å². The molecule has 2 heteroatoms. The van der Waals surface area contributed by atoms with Crippen LogP contribution in [-0.2, 0) is 6.42 Å². The maximum atomic E-state index is 3.48. The van der Waals surface area contributed by atoms with Crippen LogP contribution in [0.4, 0.5) is 0 Å². The molecule has 1 aromatic carbocycles. The van der Waals surface area contributed by atoms with E-state index in [1.807, 2.05) is 0 Å². The summed E-state index contributed by atoms with van der Waals surface area (Å²) in [5.41, 5.74) is 1.51. The summed E-state index contributed by atoms with van der Waals surface area (Å²) in [5, 5.41) is 3.48. The number of hydrogen-bond acceptors (Lipinski definition) is 2. The molecule has 0 saturated carbocycles. The van der Waals surface area contributed by atoms with Crippen molar-refractivity contribution in [2.24, 2.45) is 11.8 Å². The number of likely N-dealkylation sites (tertiary alicyclic amines) is 1. The van der Waals surface area contributed by atoms with Gasteiger partial charge in [-0.15, -0.1) is 0 Å². The fourth-order valence-corrected chi connectivity index (χ4v) is 3.71. The second kappa shape index (κ2) is 7.24. The van der Waals surface area contributed by atoms with Gasteiger partial charge in [0.15, 0.2) is 0 Å². The van der Waals surface area contributed by atoms with Gasteiger partial charge in [0.25, 0.3) is 0 Å². The van der Waals surface area contributed by atoms with E-state index >= 15 is 0 Å². The van der Waals surface area contributed by atoms with E-state index in [2.05, 4.69) is 40.5 Å². The smallest absolute Gasteiger partial charge is 0.00223 e. The molecule has 0 bridgehead atoms. The number of benzene rings is 1. The topological polar surface area (TPSA) is 15.3 Å². The molecule has 1 aromatic rings. The van der Waals surface area contributed by atoms with Crippen LogP contribution >= 0.6 is 0 Å². The molecular weight excluding hydrogens is 244 g/mol. The molecule has 2 aliphatic rings. The van der Waals surface area contributed by atoms with Gasteiger partial charge in [-0.3, -0.25) is 0 Å². The number of nitrogens with one attached hydrogen (secondary N) is 1. The Morgan fingerprint density at radius 2 is 1.80 bits per heavy atom. The molecule has 2 nitrogen and oxygen atoms in total. The van der Waals surface area contributed by atoms with E-state index in [1.165, 1.54) is 70.4 Å². The molecule has 110 valence electrons. The van der Waals surface area contributed by atoms with Crippen LogP contribution in [0.25, 0.3) is 0 Å². The minimum absolute atomic E-state index is 0.913. The highest BCUT2D eigenvalue weighted by Crippen LogP contribution is 2.23. The molecule has 2 heterocycles. The maximum Gasteiger partial charge on any atom is 0.00223 e. The summed E-state index contributed by atoms with van der Waals surface area (Å²) in [6.45, 7) is 6.47. The average molecular weight is 272 g/mol. The van der Waals surface area contributed by atoms with Gasteiger partial charge in [-0.05, 0) is 75.7 Å². The van der Waals surface area contributed by atoms with Gasteiger partial charge in [0.1, 0.15) is 0 Å². The number of hydrogen-bond donors (Lipinski definition) is 1. The van der Waals surface area contributed by atoms with Crippen LogP contribution in [0.5, 0.6) is 0 Å². The van der Waals surface area contributed by atoms with E-state index in [4.69, 9.17) is 0 Å². The van der Waals surface area contributed by atoms with Crippen LogP contribution in [0.2, 0.25) is 0 Å². The van der Waals surface area contributed by atoms with Gasteiger partial charge < -0.3 is 10.2 Å². The second-order valence-corrected chi connectivity index (χ2v) is 6.63. The first-order valence-electron chi connectivity index (χ1n) is 8.37. The summed E-state index contributed by atoms with van der Waals surface area (Å²) in [4.78, 5) is 2.71. The van der Waals surface area contributed by atoms with Gasteiger partial charge in [-0.25, -0.2) is 0 Å². The van der Waals surface area contributed by atoms with Crippen molar-refractivity contribution in [2.75, 3.05) is 32.7 Å². The van der Waals surface area contributed by atoms with Crippen molar-refractivity contribution in [3.63, 3.8) is 0 Å². The van der Waals surface area contributed by atoms with Crippen LogP contribution in [0.3, 0.4) is 0 Å². The van der Waals surface area contributed by atoms with E-state index in [-0.39, 0.29) is 0 Å². The summed E-state index contributed by atoms with van der Waals surface area (Å²) in [6, 6.07) is 11.0. The molecule has 2 aliphatic heterocycles. The standard InChI is InChI=1S/C18H28N2/c1-2-4-16(5-3-1)6-7-17-9-12-20(13-10-17)15-18-8-11-19-14-18/h1-5,17-19H,6-15H2/t18-/m1/s1. The molecule has 1 atom stereocenters. The number of aryl methyl sites for hydroxylation is 1. The lowest BCUT2D eigenvalue weighted by Gasteiger charge is -2.33. The monoisotopic (exact) mass is 272 g/mol. The largest absolute Gasteiger partial charge is 0.316 e. The van der Waals surface area contributed by atoms with Crippen molar-refractivity contribution in [2.45, 2.75) is 32.1 Å². The highest BCUT2D eigenvalue weighted by Gasteiger charge is 2.23. The fraction of sp³-hybridized carbons (Fsp3) is 0.667. The van der Waals surface area contributed by atoms with Crippen molar-refractivity contribution in [1.82, 2.24) is 10.2 Å². The Labute approximate surface area is 123 Å². The second-order valence-electron chi connectivity index (χ2n) is 6.63. The quantitative estimate of drug-likeness (QED) is 0.886. The van der Waals surface area contributed by atoms with Gasteiger partial charge in [0, 0.05) is 6.54 Å². The molecule has 2 fully saturated rings. The Bertz CT molecular complexity index is 376. The van der Waals surface area contributed by atoms with E-state index < -0.39 is 0 Å². The van der Waals surface area contributed by atoms with Crippen molar-refractivity contribution in [3.8, 4) is 0 Å². The van der Waals surface area contributed by atoms with Gasteiger partial charge in [0.05, 0.1) is 0 Å². The van der Waals surface area contributed by atoms with Crippen molar-refractivity contribution in [1.29, 1.82) is 0 Å². The number of piperidine rings is 1. The van der Waals surface area contributed by atoms with Crippen molar-refractivity contribution in [3.05, 3.63) is 35.9 Å². The van der Waals surface area contributed by atoms with E-state index in [1.54, 1.807) is 0 Å². The summed E-state index contributed by atoms with van der Waals surface area (Å²) in [6.07, 6.45) is 6.84. The van der Waals surface area contributed by atoms with Gasteiger partial charge in [-0.1, -0.05) is 30.3 Å². The van der Waals surface area contributed by atoms with Gasteiger partial charge in [0.2, 0.25) is 0 Å². The Morgan fingerprint density at radius 3 is 2.50 bits per heavy atom. The Morgan fingerprint density at radius 1 is 1.00 bits per heavy atom. The zero-order chi connectivity index (χ0) is 13.6. The highest BCUT2D eigenvalue weighted by molar-refractivity contribution is 5.14.